The average molecular weight is 194 g/mol. The van der Waals surface area contributed by atoms with Crippen LogP contribution < -0.4 is 0 Å². The minimum atomic E-state index is 0.595. The van der Waals surface area contributed by atoms with Crippen LogP contribution in [0, 0.1) is 18.4 Å². The molecule has 0 amide bonds. The molecule has 0 aliphatic carbocycles. The van der Waals surface area contributed by atoms with E-state index < -0.39 is 0 Å². The Morgan fingerprint density at radius 2 is 2.40 bits per heavy atom. The van der Waals surface area contributed by atoms with Crippen molar-refractivity contribution >= 4 is 5.71 Å². The van der Waals surface area contributed by atoms with Gasteiger partial charge < -0.3 is 0 Å². The second kappa shape index (κ2) is 5.62. The second-order valence-corrected chi connectivity index (χ2v) is 2.86. The Kier molecular flexibility index (Phi) is 4.12. The molecule has 1 nitrogen and oxygen atoms in total. The zero-order valence-electron chi connectivity index (χ0n) is 8.53. The third kappa shape index (κ3) is 2.96. The van der Waals surface area contributed by atoms with Crippen molar-refractivity contribution in [3.05, 3.63) is 60.9 Å². The van der Waals surface area contributed by atoms with Crippen LogP contribution in [0.3, 0.4) is 0 Å². The standard InChI is InChI=1S/C14H12N/c1-4-7-13(6-3)14-9-8-12(5-2)10-11-15-14/h2,4,6-7,10-11H,1,3,9H2/b13-7+. The molecule has 0 aromatic carbocycles. The molecule has 0 atom stereocenters. The van der Waals surface area contributed by atoms with Crippen molar-refractivity contribution in [1.29, 1.82) is 0 Å². The van der Waals surface area contributed by atoms with E-state index in [4.69, 9.17) is 6.42 Å². The van der Waals surface area contributed by atoms with E-state index in [2.05, 4.69) is 30.1 Å². The molecule has 0 unspecified atom stereocenters. The van der Waals surface area contributed by atoms with Crippen molar-refractivity contribution in [3.63, 3.8) is 0 Å². The summed E-state index contributed by atoms with van der Waals surface area (Å²) in [5.74, 6) is 2.53. The van der Waals surface area contributed by atoms with Gasteiger partial charge >= 0.3 is 0 Å². The van der Waals surface area contributed by atoms with Crippen molar-refractivity contribution in [2.45, 2.75) is 6.42 Å². The number of nitrogens with zero attached hydrogens (tertiary/aromatic N) is 1. The first-order valence-corrected chi connectivity index (χ1v) is 4.58. The van der Waals surface area contributed by atoms with E-state index in [9.17, 15) is 0 Å². The number of hydrogen-bond donors (Lipinski definition) is 0. The van der Waals surface area contributed by atoms with Crippen molar-refractivity contribution in [2.75, 3.05) is 0 Å². The maximum absolute atomic E-state index is 5.28. The van der Waals surface area contributed by atoms with Gasteiger partial charge in [0.1, 0.15) is 0 Å². The first kappa shape index (κ1) is 11.0. The van der Waals surface area contributed by atoms with Gasteiger partial charge in [-0.2, -0.15) is 0 Å². The van der Waals surface area contributed by atoms with Crippen LogP contribution in [0.5, 0.6) is 0 Å². The monoisotopic (exact) mass is 194 g/mol. The molecule has 0 saturated heterocycles. The smallest absolute Gasteiger partial charge is 0.0519 e. The SMILES string of the molecule is C#CC1=[C]CC(/C(C=C)=C/C=C)=NC=C1. The fourth-order valence-electron chi connectivity index (χ4n) is 1.17. The van der Waals surface area contributed by atoms with Crippen LogP contribution in [0.2, 0.25) is 0 Å². The van der Waals surface area contributed by atoms with E-state index in [1.54, 1.807) is 24.4 Å². The van der Waals surface area contributed by atoms with Gasteiger partial charge in [-0.25, -0.2) is 0 Å². The number of rotatable bonds is 3. The van der Waals surface area contributed by atoms with Crippen LogP contribution in [0.4, 0.5) is 0 Å². The quantitative estimate of drug-likeness (QED) is 0.483. The summed E-state index contributed by atoms with van der Waals surface area (Å²) in [6.07, 6.45) is 17.7. The zero-order chi connectivity index (χ0) is 11.1. The molecule has 0 aromatic heterocycles. The Balaban J connectivity index is 2.97. The third-order valence-electron chi connectivity index (χ3n) is 1.92. The first-order chi connectivity index (χ1) is 7.31. The van der Waals surface area contributed by atoms with E-state index in [0.29, 0.717) is 6.42 Å². The summed E-state index contributed by atoms with van der Waals surface area (Å²) in [5, 5.41) is 0. The number of terminal acetylenes is 1. The molecule has 1 rings (SSSR count). The Labute approximate surface area is 90.9 Å². The zero-order valence-corrected chi connectivity index (χ0v) is 8.53. The van der Waals surface area contributed by atoms with E-state index in [0.717, 1.165) is 16.9 Å². The van der Waals surface area contributed by atoms with Gasteiger partial charge in [0.15, 0.2) is 0 Å². The molecule has 15 heavy (non-hydrogen) atoms. The lowest BCUT2D eigenvalue weighted by Gasteiger charge is -2.01. The predicted octanol–water partition coefficient (Wildman–Crippen LogP) is 3.01. The highest BCUT2D eigenvalue weighted by Gasteiger charge is 2.03. The minimum Gasteiger partial charge on any atom is -0.260 e. The lowest BCUT2D eigenvalue weighted by Crippen LogP contribution is -1.98. The largest absolute Gasteiger partial charge is 0.260 e. The summed E-state index contributed by atoms with van der Waals surface area (Å²) < 4.78 is 0. The number of hydrogen-bond acceptors (Lipinski definition) is 1. The molecule has 0 fully saturated rings. The molecule has 1 aliphatic heterocycles. The number of aliphatic imine (C=N–C) groups is 1. The summed E-state index contributed by atoms with van der Waals surface area (Å²) in [6, 6.07) is 0. The maximum atomic E-state index is 5.28. The van der Waals surface area contributed by atoms with Crippen molar-refractivity contribution in [2.24, 2.45) is 4.99 Å². The molecule has 1 heteroatoms. The summed E-state index contributed by atoms with van der Waals surface area (Å²) >= 11 is 0. The van der Waals surface area contributed by atoms with Crippen LogP contribution in [-0.2, 0) is 0 Å². The minimum absolute atomic E-state index is 0.595. The van der Waals surface area contributed by atoms with Crippen molar-refractivity contribution in [3.8, 4) is 12.3 Å². The summed E-state index contributed by atoms with van der Waals surface area (Å²) in [7, 11) is 0. The average Bonchev–Trinajstić information content (AvgIpc) is 2.51. The van der Waals surface area contributed by atoms with Crippen LogP contribution in [0.15, 0.2) is 59.8 Å². The summed E-state index contributed by atoms with van der Waals surface area (Å²) in [6.45, 7) is 7.37. The Morgan fingerprint density at radius 3 is 3.00 bits per heavy atom. The molecule has 0 saturated carbocycles. The normalized spacial score (nSPS) is 15.8. The lowest BCUT2D eigenvalue weighted by molar-refractivity contribution is 1.37. The lowest BCUT2D eigenvalue weighted by atomic mass is 10.1. The Morgan fingerprint density at radius 1 is 1.60 bits per heavy atom. The molecular formula is C14H12N. The van der Waals surface area contributed by atoms with Gasteiger partial charge in [-0.3, -0.25) is 4.99 Å². The van der Waals surface area contributed by atoms with E-state index in [-0.39, 0.29) is 0 Å². The van der Waals surface area contributed by atoms with Gasteiger partial charge in [-0.1, -0.05) is 37.3 Å². The molecule has 1 radical (unpaired) electrons. The van der Waals surface area contributed by atoms with Crippen LogP contribution in [0.1, 0.15) is 6.42 Å². The predicted molar refractivity (Wildman–Crippen MR) is 65.3 cm³/mol. The fourth-order valence-corrected chi connectivity index (χ4v) is 1.17. The molecule has 73 valence electrons. The molecular weight excluding hydrogens is 182 g/mol. The molecule has 0 aromatic rings. The van der Waals surface area contributed by atoms with Gasteiger partial charge in [0.25, 0.3) is 0 Å². The van der Waals surface area contributed by atoms with Gasteiger partial charge in [0, 0.05) is 18.2 Å². The van der Waals surface area contributed by atoms with Crippen molar-refractivity contribution < 1.29 is 0 Å². The Bertz CT molecular complexity index is 423. The topological polar surface area (TPSA) is 12.4 Å². The molecule has 1 heterocycles. The third-order valence-corrected chi connectivity index (χ3v) is 1.92. The van der Waals surface area contributed by atoms with Gasteiger partial charge in [-0.15, -0.1) is 6.42 Å². The van der Waals surface area contributed by atoms with E-state index >= 15 is 0 Å². The highest BCUT2D eigenvalue weighted by Crippen LogP contribution is 2.10. The highest BCUT2D eigenvalue weighted by molar-refractivity contribution is 6.03. The van der Waals surface area contributed by atoms with Crippen LogP contribution >= 0.6 is 0 Å². The van der Waals surface area contributed by atoms with Crippen LogP contribution in [0.25, 0.3) is 0 Å². The first-order valence-electron chi connectivity index (χ1n) is 4.58. The van der Waals surface area contributed by atoms with E-state index in [1.807, 2.05) is 6.08 Å². The highest BCUT2D eigenvalue weighted by atomic mass is 14.7. The van der Waals surface area contributed by atoms with E-state index in [1.165, 1.54) is 0 Å². The molecule has 0 spiro atoms. The van der Waals surface area contributed by atoms with Crippen molar-refractivity contribution in [1.82, 2.24) is 0 Å². The molecule has 0 bridgehead atoms. The maximum Gasteiger partial charge on any atom is 0.0519 e. The van der Waals surface area contributed by atoms with Gasteiger partial charge in [-0.05, 0) is 17.7 Å². The van der Waals surface area contributed by atoms with Crippen LogP contribution in [-0.4, -0.2) is 5.71 Å². The van der Waals surface area contributed by atoms with Gasteiger partial charge in [0.2, 0.25) is 0 Å². The summed E-state index contributed by atoms with van der Waals surface area (Å²) in [5.41, 5.74) is 2.57. The molecule has 0 N–H and O–H groups in total. The summed E-state index contributed by atoms with van der Waals surface area (Å²) in [4.78, 5) is 4.28. The second-order valence-electron chi connectivity index (χ2n) is 2.86. The number of allylic oxidation sites excluding steroid dienone is 7. The Hall–Kier alpha value is -2.07. The van der Waals surface area contributed by atoms with Gasteiger partial charge in [0.05, 0.1) is 5.71 Å². The molecule has 1 aliphatic rings. The fraction of sp³-hybridized carbons (Fsp3) is 0.0714.